The fourth-order valence-electron chi connectivity index (χ4n) is 5.28. The van der Waals surface area contributed by atoms with E-state index in [-0.39, 0.29) is 6.10 Å². The highest BCUT2D eigenvalue weighted by atomic mass is 16.3. The summed E-state index contributed by atoms with van der Waals surface area (Å²) < 4.78 is 0. The summed E-state index contributed by atoms with van der Waals surface area (Å²) in [6.45, 7) is 14.1. The Kier molecular flexibility index (Phi) is 11.9. The Bertz CT molecular complexity index is 412. The average Bonchev–Trinajstić information content (AvgIpc) is 2.66. The maximum atomic E-state index is 10.6. The summed E-state index contributed by atoms with van der Waals surface area (Å²) in [6, 6.07) is 0. The second kappa shape index (κ2) is 13.0. The lowest BCUT2D eigenvalue weighted by molar-refractivity contribution is 0.0572. The third kappa shape index (κ3) is 7.56. The zero-order valence-electron chi connectivity index (χ0n) is 19.5. The van der Waals surface area contributed by atoms with Crippen LogP contribution in [0.15, 0.2) is 11.6 Å². The van der Waals surface area contributed by atoms with Gasteiger partial charge in [-0.15, -0.1) is 0 Å². The molecule has 0 amide bonds. The Balaban J connectivity index is 2.83. The van der Waals surface area contributed by atoms with Crippen LogP contribution in [0.2, 0.25) is 0 Å². The predicted molar refractivity (Wildman–Crippen MR) is 121 cm³/mol. The molecule has 0 spiro atoms. The molecule has 0 aliphatic heterocycles. The Hall–Kier alpha value is -0.300. The summed E-state index contributed by atoms with van der Waals surface area (Å²) in [5.74, 6) is 2.13. The third-order valence-electron chi connectivity index (χ3n) is 7.71. The van der Waals surface area contributed by atoms with Crippen molar-refractivity contribution in [1.29, 1.82) is 0 Å². The molecular formula is C26H50O. The van der Waals surface area contributed by atoms with Crippen LogP contribution in [0, 0.1) is 23.2 Å². The normalized spacial score (nSPS) is 28.3. The molecule has 0 aromatic rings. The van der Waals surface area contributed by atoms with Gasteiger partial charge in [0.25, 0.3) is 0 Å². The van der Waals surface area contributed by atoms with E-state index in [0.717, 1.165) is 31.1 Å². The first kappa shape index (κ1) is 24.7. The van der Waals surface area contributed by atoms with Crippen LogP contribution in [-0.2, 0) is 0 Å². The summed E-state index contributed by atoms with van der Waals surface area (Å²) in [5, 5.41) is 10.6. The van der Waals surface area contributed by atoms with Gasteiger partial charge in [0.05, 0.1) is 6.10 Å². The molecule has 0 heterocycles. The zero-order valence-corrected chi connectivity index (χ0v) is 19.5. The van der Waals surface area contributed by atoms with Crippen LogP contribution < -0.4 is 0 Å². The minimum atomic E-state index is -0.0997. The first-order valence-corrected chi connectivity index (χ1v) is 12.3. The number of hydrogen-bond acceptors (Lipinski definition) is 1. The van der Waals surface area contributed by atoms with Crippen LogP contribution in [-0.4, -0.2) is 11.2 Å². The standard InChI is InChI=1S/C26H50O/c1-7-11-15-22(13-8-2)16-12-17-24-20-23(25(27)14-9-3)18-19-26(24,6)21(5)10-4/h17,21-23,25,27H,7-16,18-20H2,1-6H3/b24-17-/t21?,22-,23?,25?,26?/m0/s1. The van der Waals surface area contributed by atoms with Crippen LogP contribution in [0.1, 0.15) is 125 Å². The molecule has 27 heavy (non-hydrogen) atoms. The molecule has 0 radical (unpaired) electrons. The fourth-order valence-corrected chi connectivity index (χ4v) is 5.28. The van der Waals surface area contributed by atoms with Gasteiger partial charge in [-0.25, -0.2) is 0 Å². The number of hydrogen-bond donors (Lipinski definition) is 1. The zero-order chi connectivity index (χ0) is 20.3. The summed E-state index contributed by atoms with van der Waals surface area (Å²) in [5.41, 5.74) is 2.02. The van der Waals surface area contributed by atoms with Crippen molar-refractivity contribution in [3.05, 3.63) is 11.6 Å². The second-order valence-corrected chi connectivity index (χ2v) is 9.69. The van der Waals surface area contributed by atoms with Gasteiger partial charge in [-0.3, -0.25) is 0 Å². The summed E-state index contributed by atoms with van der Waals surface area (Å²) in [4.78, 5) is 0. The largest absolute Gasteiger partial charge is 0.393 e. The Morgan fingerprint density at radius 2 is 1.74 bits per heavy atom. The number of aliphatic hydroxyl groups is 1. The minimum absolute atomic E-state index is 0.0997. The van der Waals surface area contributed by atoms with Crippen molar-refractivity contribution in [2.45, 2.75) is 131 Å². The molecule has 0 saturated heterocycles. The van der Waals surface area contributed by atoms with E-state index in [0.29, 0.717) is 11.3 Å². The summed E-state index contributed by atoms with van der Waals surface area (Å²) >= 11 is 0. The lowest BCUT2D eigenvalue weighted by atomic mass is 9.60. The molecule has 0 aromatic carbocycles. The van der Waals surface area contributed by atoms with Crippen molar-refractivity contribution in [1.82, 2.24) is 0 Å². The maximum Gasteiger partial charge on any atom is 0.0571 e. The van der Waals surface area contributed by atoms with Crippen LogP contribution in [0.25, 0.3) is 0 Å². The van der Waals surface area contributed by atoms with Gasteiger partial charge in [-0.05, 0) is 61.7 Å². The molecule has 1 saturated carbocycles. The van der Waals surface area contributed by atoms with Gasteiger partial charge in [-0.1, -0.05) is 98.1 Å². The molecule has 0 aromatic heterocycles. The molecule has 0 bridgehead atoms. The highest BCUT2D eigenvalue weighted by Gasteiger charge is 2.40. The smallest absolute Gasteiger partial charge is 0.0571 e. The summed E-state index contributed by atoms with van der Waals surface area (Å²) in [6.07, 6.45) is 18.9. The van der Waals surface area contributed by atoms with Crippen molar-refractivity contribution in [2.75, 3.05) is 0 Å². The predicted octanol–water partition coefficient (Wildman–Crippen LogP) is 8.31. The topological polar surface area (TPSA) is 20.2 Å². The molecule has 1 aliphatic rings. The van der Waals surface area contributed by atoms with E-state index >= 15 is 0 Å². The van der Waals surface area contributed by atoms with Gasteiger partial charge in [0.2, 0.25) is 0 Å². The van der Waals surface area contributed by atoms with E-state index < -0.39 is 0 Å². The van der Waals surface area contributed by atoms with E-state index in [4.69, 9.17) is 0 Å². The van der Waals surface area contributed by atoms with Crippen LogP contribution in [0.3, 0.4) is 0 Å². The molecule has 1 rings (SSSR count). The number of rotatable bonds is 13. The van der Waals surface area contributed by atoms with E-state index in [1.165, 1.54) is 64.2 Å². The Morgan fingerprint density at radius 3 is 2.33 bits per heavy atom. The molecular weight excluding hydrogens is 328 g/mol. The molecule has 4 unspecified atom stereocenters. The van der Waals surface area contributed by atoms with Gasteiger partial charge in [0.1, 0.15) is 0 Å². The SMILES string of the molecule is CCCC[C@H](CCC)CC/C=C1/CC(C(O)CCC)CCC1(C)C(C)CC. The van der Waals surface area contributed by atoms with Crippen molar-refractivity contribution in [3.8, 4) is 0 Å². The molecule has 160 valence electrons. The quantitative estimate of drug-likeness (QED) is 0.319. The first-order valence-electron chi connectivity index (χ1n) is 12.3. The van der Waals surface area contributed by atoms with Crippen LogP contribution in [0.4, 0.5) is 0 Å². The van der Waals surface area contributed by atoms with Crippen LogP contribution in [0.5, 0.6) is 0 Å². The van der Waals surface area contributed by atoms with Crippen molar-refractivity contribution in [2.24, 2.45) is 23.2 Å². The molecule has 1 fully saturated rings. The van der Waals surface area contributed by atoms with E-state index in [9.17, 15) is 5.11 Å². The van der Waals surface area contributed by atoms with E-state index in [1.807, 2.05) is 0 Å². The monoisotopic (exact) mass is 378 g/mol. The maximum absolute atomic E-state index is 10.6. The van der Waals surface area contributed by atoms with Crippen LogP contribution >= 0.6 is 0 Å². The number of allylic oxidation sites excluding steroid dienone is 2. The Labute approximate surface area is 171 Å². The van der Waals surface area contributed by atoms with Crippen molar-refractivity contribution >= 4 is 0 Å². The van der Waals surface area contributed by atoms with Crippen molar-refractivity contribution in [3.63, 3.8) is 0 Å². The number of aliphatic hydroxyl groups excluding tert-OH is 1. The molecule has 1 nitrogen and oxygen atoms in total. The highest BCUT2D eigenvalue weighted by Crippen LogP contribution is 2.50. The van der Waals surface area contributed by atoms with Gasteiger partial charge in [0, 0.05) is 0 Å². The first-order chi connectivity index (χ1) is 12.9. The highest BCUT2D eigenvalue weighted by molar-refractivity contribution is 5.19. The minimum Gasteiger partial charge on any atom is -0.393 e. The molecule has 5 atom stereocenters. The Morgan fingerprint density at radius 1 is 1.04 bits per heavy atom. The lowest BCUT2D eigenvalue weighted by Gasteiger charge is -2.45. The third-order valence-corrected chi connectivity index (χ3v) is 7.71. The summed E-state index contributed by atoms with van der Waals surface area (Å²) in [7, 11) is 0. The van der Waals surface area contributed by atoms with E-state index in [2.05, 4.69) is 47.6 Å². The van der Waals surface area contributed by atoms with Gasteiger partial charge in [-0.2, -0.15) is 0 Å². The average molecular weight is 379 g/mol. The fraction of sp³-hybridized carbons (Fsp3) is 0.923. The van der Waals surface area contributed by atoms with Gasteiger partial charge >= 0.3 is 0 Å². The molecule has 1 heteroatoms. The van der Waals surface area contributed by atoms with Gasteiger partial charge in [0.15, 0.2) is 0 Å². The molecule has 1 N–H and O–H groups in total. The van der Waals surface area contributed by atoms with E-state index in [1.54, 1.807) is 5.57 Å². The lowest BCUT2D eigenvalue weighted by Crippen LogP contribution is -2.36. The second-order valence-electron chi connectivity index (χ2n) is 9.69. The van der Waals surface area contributed by atoms with Crippen molar-refractivity contribution < 1.29 is 5.11 Å². The molecule has 1 aliphatic carbocycles. The van der Waals surface area contributed by atoms with Gasteiger partial charge < -0.3 is 5.11 Å². The number of unbranched alkanes of at least 4 members (excludes halogenated alkanes) is 1.